The summed E-state index contributed by atoms with van der Waals surface area (Å²) in [5.41, 5.74) is 1.14. The van der Waals surface area contributed by atoms with E-state index in [4.69, 9.17) is 4.74 Å². The van der Waals surface area contributed by atoms with Gasteiger partial charge in [-0.15, -0.1) is 0 Å². The van der Waals surface area contributed by atoms with Crippen LogP contribution in [0.1, 0.15) is 30.2 Å². The van der Waals surface area contributed by atoms with Crippen LogP contribution < -0.4 is 15.6 Å². The van der Waals surface area contributed by atoms with Gasteiger partial charge in [0.05, 0.1) is 11.9 Å². The molecule has 0 atom stereocenters. The van der Waals surface area contributed by atoms with Crippen molar-refractivity contribution in [3.8, 4) is 22.9 Å². The van der Waals surface area contributed by atoms with Crippen LogP contribution in [0.15, 0.2) is 72.0 Å². The van der Waals surface area contributed by atoms with Crippen molar-refractivity contribution in [2.24, 2.45) is 7.05 Å². The van der Waals surface area contributed by atoms with Crippen molar-refractivity contribution in [1.29, 1.82) is 0 Å². The zero-order chi connectivity index (χ0) is 22.7. The number of carbonyl (C=O) groups excluding carboxylic acids is 1. The second-order valence-electron chi connectivity index (χ2n) is 7.41. The largest absolute Gasteiger partial charge is 0.456 e. The van der Waals surface area contributed by atoms with Crippen molar-refractivity contribution in [3.63, 3.8) is 0 Å². The Morgan fingerprint density at radius 3 is 2.56 bits per heavy atom. The molecule has 4 rings (SSSR count). The monoisotopic (exact) mass is 430 g/mol. The molecule has 0 aliphatic carbocycles. The minimum Gasteiger partial charge on any atom is -0.456 e. The number of anilines is 1. The molecule has 4 aromatic heterocycles. The molecular formula is C23H22N6O3. The van der Waals surface area contributed by atoms with Gasteiger partial charge < -0.3 is 14.6 Å². The molecule has 0 unspecified atom stereocenters. The average Bonchev–Trinajstić information content (AvgIpc) is 3.21. The van der Waals surface area contributed by atoms with E-state index >= 15 is 0 Å². The summed E-state index contributed by atoms with van der Waals surface area (Å²) in [6.07, 6.45) is 6.64. The topological polar surface area (TPSA) is 104 Å². The SMILES string of the molecule is CC(C)n1cccc(C(=O)Nc2ccc(Oc3ccnc(-c4ccn(C)n4)c3)cn2)c1=O. The van der Waals surface area contributed by atoms with Gasteiger partial charge in [0.2, 0.25) is 0 Å². The van der Waals surface area contributed by atoms with Crippen molar-refractivity contribution < 1.29 is 9.53 Å². The Balaban J connectivity index is 1.46. The van der Waals surface area contributed by atoms with E-state index in [1.165, 1.54) is 16.8 Å². The molecule has 0 fully saturated rings. The van der Waals surface area contributed by atoms with Gasteiger partial charge in [0.1, 0.15) is 28.6 Å². The summed E-state index contributed by atoms with van der Waals surface area (Å²) >= 11 is 0. The quantitative estimate of drug-likeness (QED) is 0.501. The van der Waals surface area contributed by atoms with Crippen LogP contribution in [-0.4, -0.2) is 30.2 Å². The van der Waals surface area contributed by atoms with Crippen LogP contribution in [0.4, 0.5) is 5.82 Å². The third-order valence-corrected chi connectivity index (χ3v) is 4.70. The summed E-state index contributed by atoms with van der Waals surface area (Å²) in [5.74, 6) is 0.867. The maximum absolute atomic E-state index is 12.5. The van der Waals surface area contributed by atoms with Crippen LogP contribution in [0.5, 0.6) is 11.5 Å². The van der Waals surface area contributed by atoms with E-state index in [0.717, 1.165) is 5.69 Å². The maximum Gasteiger partial charge on any atom is 0.263 e. The Morgan fingerprint density at radius 1 is 1.03 bits per heavy atom. The highest BCUT2D eigenvalue weighted by Crippen LogP contribution is 2.25. The summed E-state index contributed by atoms with van der Waals surface area (Å²) in [5, 5.41) is 6.99. The van der Waals surface area contributed by atoms with Crippen molar-refractivity contribution in [1.82, 2.24) is 24.3 Å². The molecule has 0 radical (unpaired) electrons. The molecule has 9 heteroatoms. The summed E-state index contributed by atoms with van der Waals surface area (Å²) in [4.78, 5) is 33.6. The Hall–Kier alpha value is -4.27. The predicted molar refractivity (Wildman–Crippen MR) is 120 cm³/mol. The standard InChI is InChI=1S/C23H22N6O3/c1-15(2)29-11-4-5-18(23(29)31)22(30)26-21-7-6-17(14-25-21)32-16-8-10-24-20(13-16)19-9-12-28(3)27-19/h4-15H,1-3H3,(H,25,26,30). The second-order valence-corrected chi connectivity index (χ2v) is 7.41. The van der Waals surface area contributed by atoms with Gasteiger partial charge in [-0.25, -0.2) is 4.98 Å². The summed E-state index contributed by atoms with van der Waals surface area (Å²) < 4.78 is 9.06. The number of aromatic nitrogens is 5. The molecule has 4 heterocycles. The first-order valence-electron chi connectivity index (χ1n) is 10.0. The molecule has 0 bridgehead atoms. The van der Waals surface area contributed by atoms with E-state index in [2.05, 4.69) is 20.4 Å². The molecule has 0 aliphatic rings. The number of nitrogens with one attached hydrogen (secondary N) is 1. The third kappa shape index (κ3) is 4.56. The van der Waals surface area contributed by atoms with Crippen molar-refractivity contribution in [3.05, 3.63) is 83.2 Å². The fourth-order valence-electron chi connectivity index (χ4n) is 3.09. The number of carbonyl (C=O) groups is 1. The first-order valence-corrected chi connectivity index (χ1v) is 10.0. The maximum atomic E-state index is 12.5. The lowest BCUT2D eigenvalue weighted by Crippen LogP contribution is -2.29. The van der Waals surface area contributed by atoms with Crippen LogP contribution in [-0.2, 0) is 7.05 Å². The van der Waals surface area contributed by atoms with Gasteiger partial charge in [-0.3, -0.25) is 19.3 Å². The molecule has 9 nitrogen and oxygen atoms in total. The van der Waals surface area contributed by atoms with Crippen LogP contribution in [0, 0.1) is 0 Å². The van der Waals surface area contributed by atoms with Crippen molar-refractivity contribution >= 4 is 11.7 Å². The molecule has 1 amide bonds. The molecule has 0 saturated heterocycles. The van der Waals surface area contributed by atoms with Crippen molar-refractivity contribution in [2.75, 3.05) is 5.32 Å². The molecule has 32 heavy (non-hydrogen) atoms. The third-order valence-electron chi connectivity index (χ3n) is 4.70. The van der Waals surface area contributed by atoms with E-state index in [0.29, 0.717) is 23.0 Å². The van der Waals surface area contributed by atoms with Gasteiger partial charge >= 0.3 is 0 Å². The molecule has 1 N–H and O–H groups in total. The van der Waals surface area contributed by atoms with E-state index in [9.17, 15) is 9.59 Å². The van der Waals surface area contributed by atoms with Gasteiger partial charge in [-0.2, -0.15) is 5.10 Å². The highest BCUT2D eigenvalue weighted by molar-refractivity contribution is 6.03. The average molecular weight is 430 g/mol. The normalized spacial score (nSPS) is 10.9. The van der Waals surface area contributed by atoms with Gasteiger partial charge in [0.25, 0.3) is 11.5 Å². The molecular weight excluding hydrogens is 408 g/mol. The Bertz CT molecular complexity index is 1310. The zero-order valence-electron chi connectivity index (χ0n) is 17.9. The number of pyridine rings is 3. The predicted octanol–water partition coefficient (Wildman–Crippen LogP) is 3.66. The lowest BCUT2D eigenvalue weighted by Gasteiger charge is -2.11. The van der Waals surface area contributed by atoms with Crippen molar-refractivity contribution in [2.45, 2.75) is 19.9 Å². The smallest absolute Gasteiger partial charge is 0.263 e. The van der Waals surface area contributed by atoms with E-state index in [1.54, 1.807) is 47.4 Å². The van der Waals surface area contributed by atoms with E-state index in [1.807, 2.05) is 33.2 Å². The summed E-state index contributed by atoms with van der Waals surface area (Å²) in [6, 6.07) is 11.8. The van der Waals surface area contributed by atoms with Gasteiger partial charge in [-0.05, 0) is 50.2 Å². The first-order chi connectivity index (χ1) is 15.4. The lowest BCUT2D eigenvalue weighted by molar-refractivity contribution is 0.102. The summed E-state index contributed by atoms with van der Waals surface area (Å²) in [7, 11) is 1.84. The first kappa shape index (κ1) is 21.0. The van der Waals surface area contributed by atoms with E-state index < -0.39 is 5.91 Å². The zero-order valence-corrected chi connectivity index (χ0v) is 17.9. The van der Waals surface area contributed by atoms with Gasteiger partial charge in [0.15, 0.2) is 0 Å². The lowest BCUT2D eigenvalue weighted by atomic mass is 10.2. The fourth-order valence-corrected chi connectivity index (χ4v) is 3.09. The molecule has 162 valence electrons. The number of nitrogens with zero attached hydrogens (tertiary/aromatic N) is 5. The number of rotatable bonds is 6. The van der Waals surface area contributed by atoms with Gasteiger partial charge in [-0.1, -0.05) is 0 Å². The number of hydrogen-bond donors (Lipinski definition) is 1. The molecule has 0 spiro atoms. The van der Waals surface area contributed by atoms with Gasteiger partial charge in [0, 0.05) is 37.7 Å². The molecule has 0 aliphatic heterocycles. The molecule has 0 saturated carbocycles. The van der Waals surface area contributed by atoms with Crippen LogP contribution in [0.3, 0.4) is 0 Å². The second kappa shape index (κ2) is 8.84. The number of hydrogen-bond acceptors (Lipinski definition) is 6. The number of amides is 1. The minimum atomic E-state index is -0.514. The Kier molecular flexibility index (Phi) is 5.80. The summed E-state index contributed by atoms with van der Waals surface area (Å²) in [6.45, 7) is 3.76. The van der Waals surface area contributed by atoms with E-state index in [-0.39, 0.29) is 17.2 Å². The highest BCUT2D eigenvalue weighted by Gasteiger charge is 2.14. The number of ether oxygens (including phenoxy) is 1. The fraction of sp³-hybridized carbons (Fsp3) is 0.174. The highest BCUT2D eigenvalue weighted by atomic mass is 16.5. The molecule has 0 aromatic carbocycles. The molecule has 4 aromatic rings. The minimum absolute atomic E-state index is 0.0452. The van der Waals surface area contributed by atoms with Crippen LogP contribution in [0.25, 0.3) is 11.4 Å². The van der Waals surface area contributed by atoms with Crippen LogP contribution in [0.2, 0.25) is 0 Å². The number of aryl methyl sites for hydroxylation is 1. The Morgan fingerprint density at radius 2 is 1.88 bits per heavy atom. The Labute approximate surface area is 184 Å². The van der Waals surface area contributed by atoms with Crippen LogP contribution >= 0.6 is 0 Å².